The molecule has 4 rings (SSSR count). The molecule has 2 aromatic carbocycles. The van der Waals surface area contributed by atoms with Crippen LogP contribution in [-0.4, -0.2) is 107 Å². The number of para-hydroxylation sites is 2. The number of unbranched alkanes of at least 4 members (excludes halogenated alkanes) is 10. The van der Waals surface area contributed by atoms with E-state index in [1.165, 1.54) is 22.3 Å². The fraction of sp³-hybridized carbons (Fsp3) is 0.627. The summed E-state index contributed by atoms with van der Waals surface area (Å²) in [6.07, 6.45) is 25.7. The van der Waals surface area contributed by atoms with Crippen molar-refractivity contribution in [1.29, 1.82) is 0 Å². The quantitative estimate of drug-likeness (QED) is 0.0214. The normalized spacial score (nSPS) is 16.6. The molecule has 0 aromatic heterocycles. The molecule has 2 aromatic rings. The fourth-order valence-electron chi connectivity index (χ4n) is 9.19. The van der Waals surface area contributed by atoms with Crippen LogP contribution in [0.5, 0.6) is 11.5 Å². The Morgan fingerprint density at radius 2 is 1.08 bits per heavy atom. The van der Waals surface area contributed by atoms with Gasteiger partial charge in [0.05, 0.1) is 11.1 Å². The van der Waals surface area contributed by atoms with Crippen LogP contribution in [0.1, 0.15) is 183 Å². The van der Waals surface area contributed by atoms with Crippen LogP contribution >= 0.6 is 0 Å². The van der Waals surface area contributed by atoms with Crippen LogP contribution in [0.15, 0.2) is 73.1 Å². The molecule has 2 aliphatic heterocycles. The summed E-state index contributed by atoms with van der Waals surface area (Å²) in [5.41, 5.74) is 11.1. The molecule has 0 bridgehead atoms. The minimum absolute atomic E-state index is 0.00639. The number of amides is 6. The summed E-state index contributed by atoms with van der Waals surface area (Å²) < 4.78 is 11.5. The molecular formula is C59H94N6O10Si. The highest BCUT2D eigenvalue weighted by molar-refractivity contribution is 6.76. The Morgan fingerprint density at radius 3 is 1.55 bits per heavy atom. The smallest absolute Gasteiger partial charge is 0.262 e. The lowest BCUT2D eigenvalue weighted by atomic mass is 9.98. The first-order valence-electron chi connectivity index (χ1n) is 28.3. The second kappa shape index (κ2) is 35.7. The fourth-order valence-corrected chi connectivity index (χ4v) is 9.94. The highest BCUT2D eigenvalue weighted by Crippen LogP contribution is 2.27. The number of phenols is 1. The molecular weight excluding hydrogens is 981 g/mol. The van der Waals surface area contributed by atoms with Gasteiger partial charge in [-0.1, -0.05) is 167 Å². The Morgan fingerprint density at radius 1 is 0.632 bits per heavy atom. The van der Waals surface area contributed by atoms with Gasteiger partial charge in [0.25, 0.3) is 11.8 Å². The summed E-state index contributed by atoms with van der Waals surface area (Å²) in [7, 11) is -1.20. The zero-order valence-corrected chi connectivity index (χ0v) is 47.8. The first kappa shape index (κ1) is 64.8. The predicted molar refractivity (Wildman–Crippen MR) is 303 cm³/mol. The van der Waals surface area contributed by atoms with E-state index < -0.39 is 38.1 Å². The summed E-state index contributed by atoms with van der Waals surface area (Å²) in [5.74, 6) is -1.69. The molecule has 6 amide bonds. The van der Waals surface area contributed by atoms with Crippen LogP contribution in [-0.2, 0) is 23.9 Å². The third-order valence-corrected chi connectivity index (χ3v) is 15.8. The van der Waals surface area contributed by atoms with Crippen molar-refractivity contribution in [3.05, 3.63) is 84.2 Å². The summed E-state index contributed by atoms with van der Waals surface area (Å²) in [6.45, 7) is 13.8. The molecule has 2 aliphatic rings. The van der Waals surface area contributed by atoms with Gasteiger partial charge in [0.2, 0.25) is 23.6 Å². The number of aliphatic hydroxyl groups excluding tert-OH is 1. The van der Waals surface area contributed by atoms with Gasteiger partial charge in [0.15, 0.2) is 6.79 Å². The van der Waals surface area contributed by atoms with E-state index in [-0.39, 0.29) is 59.7 Å². The molecule has 2 heterocycles. The molecule has 0 saturated carbocycles. The van der Waals surface area contributed by atoms with Crippen molar-refractivity contribution >= 4 is 43.5 Å². The van der Waals surface area contributed by atoms with E-state index >= 15 is 0 Å². The maximum Gasteiger partial charge on any atom is 0.262 e. The molecule has 16 nitrogen and oxygen atoms in total. The van der Waals surface area contributed by atoms with E-state index in [0.29, 0.717) is 43.6 Å². The van der Waals surface area contributed by atoms with E-state index in [1.807, 2.05) is 19.1 Å². The van der Waals surface area contributed by atoms with Crippen LogP contribution < -0.4 is 26.8 Å². The zero-order chi connectivity index (χ0) is 55.9. The van der Waals surface area contributed by atoms with Crippen LogP contribution in [0, 0.1) is 5.92 Å². The van der Waals surface area contributed by atoms with Gasteiger partial charge in [0, 0.05) is 45.1 Å². The Labute approximate surface area is 455 Å². The number of ether oxygens (including phenoxy) is 2. The number of hydrogen-bond acceptors (Lipinski definition) is 10. The molecule has 17 heteroatoms. The van der Waals surface area contributed by atoms with Gasteiger partial charge >= 0.3 is 0 Å². The van der Waals surface area contributed by atoms with Crippen LogP contribution in [0.4, 0.5) is 0 Å². The number of nitrogens with zero attached hydrogens (tertiary/aromatic N) is 2. The maximum atomic E-state index is 13.6. The number of phenolic OH excluding ortho intramolecular Hbond substituents is 1. The van der Waals surface area contributed by atoms with Gasteiger partial charge in [-0.15, -0.1) is 0 Å². The lowest BCUT2D eigenvalue weighted by Crippen LogP contribution is -2.48. The second-order valence-electron chi connectivity index (χ2n) is 21.8. The molecule has 8 N–H and O–H groups in total. The third kappa shape index (κ3) is 24.2. The van der Waals surface area contributed by atoms with Crippen molar-refractivity contribution < 1.29 is 48.5 Å². The molecule has 0 aliphatic carbocycles. The number of aromatic hydroxyl groups is 1. The Hall–Kier alpha value is -5.52. The van der Waals surface area contributed by atoms with Crippen molar-refractivity contribution in [2.45, 2.75) is 218 Å². The van der Waals surface area contributed by atoms with E-state index in [1.54, 1.807) is 54.9 Å². The topological polar surface area (TPSA) is 244 Å². The highest BCUT2D eigenvalue weighted by atomic mass is 28.3. The van der Waals surface area contributed by atoms with Crippen LogP contribution in [0.2, 0.25) is 25.7 Å². The lowest BCUT2D eigenvalue weighted by Gasteiger charge is -2.27. The van der Waals surface area contributed by atoms with Gasteiger partial charge in [-0.2, -0.15) is 0 Å². The average molecular weight is 1080 g/mol. The number of rotatable bonds is 36. The third-order valence-electron chi connectivity index (χ3n) is 14.1. The highest BCUT2D eigenvalue weighted by Gasteiger charge is 2.35. The predicted octanol–water partition coefficient (Wildman–Crippen LogP) is 10.0. The van der Waals surface area contributed by atoms with Crippen LogP contribution in [0.25, 0.3) is 0 Å². The number of aliphatic hydroxyl groups is 1. The van der Waals surface area contributed by atoms with Crippen LogP contribution in [0.3, 0.4) is 0 Å². The SMILES string of the molecule is CCCCCC[C@H](CCCCC[C@@H](C)C(N)=O)NC(=O)[C@@H]1CC=CN1C(=O)c1ccccc1OCOCC[Si](C)(C)C.CCCCCC[C@H](CCCCC[C@@H](O)C(N)=O)NC(=O)[C@@H]1CC=CN1C(=O)c1ccccc1O. The summed E-state index contributed by atoms with van der Waals surface area (Å²) >= 11 is 0. The Balaban J connectivity index is 0.000000409. The molecule has 0 spiro atoms. The van der Waals surface area contributed by atoms with Gasteiger partial charge in [-0.25, -0.2) is 0 Å². The minimum atomic E-state index is -1.20. The first-order valence-corrected chi connectivity index (χ1v) is 32.0. The second-order valence-corrected chi connectivity index (χ2v) is 27.4. The van der Waals surface area contributed by atoms with Crippen molar-refractivity contribution in [2.24, 2.45) is 17.4 Å². The molecule has 0 fully saturated rings. The standard InChI is InChI=1S/C33H55N3O5Si.C26H39N3O5/c1-6-7-8-11-17-27(18-12-9-10-16-26(2)31(34)37)35-32(38)29-20-15-22-36(29)33(39)28-19-13-14-21-30(28)41-25-40-23-24-42(3,4)5;1-2-3-4-6-12-19(13-7-5-8-17-23(31)24(27)32)28-25(33)21-15-11-18-29(21)26(34)20-14-9-10-16-22(20)30/h13-15,19,21-22,26-27,29H,6-12,16-18,20,23-25H2,1-5H3,(H2,34,37)(H,35,38);9-11,14,16,18-19,21,23,30-31H,2-8,12-13,15,17H2,1H3,(H2,27,32)(H,28,33)/t26-,27-,29+;19-,21+,23-/m11/s1. The minimum Gasteiger partial charge on any atom is -0.507 e. The van der Waals surface area contributed by atoms with Crippen molar-refractivity contribution in [3.8, 4) is 11.5 Å². The number of nitrogens with one attached hydrogen (secondary N) is 2. The van der Waals surface area contributed by atoms with Crippen molar-refractivity contribution in [3.63, 3.8) is 0 Å². The number of carbonyl (C=O) groups excluding carboxylic acids is 6. The lowest BCUT2D eigenvalue weighted by molar-refractivity contribution is -0.126. The molecule has 6 atom stereocenters. The molecule has 0 radical (unpaired) electrons. The van der Waals surface area contributed by atoms with E-state index in [2.05, 4.69) is 44.1 Å². The van der Waals surface area contributed by atoms with Gasteiger partial charge in [-0.3, -0.25) is 28.8 Å². The Kier molecular flexibility index (Phi) is 30.5. The number of nitrogens with two attached hydrogens (primary N) is 2. The summed E-state index contributed by atoms with van der Waals surface area (Å²) in [5, 5.41) is 26.0. The molecule has 76 heavy (non-hydrogen) atoms. The van der Waals surface area contributed by atoms with E-state index in [4.69, 9.17) is 20.9 Å². The number of carbonyl (C=O) groups is 6. The Bertz CT molecular complexity index is 2150. The average Bonchev–Trinajstić information content (AvgIpc) is 4.10. The maximum absolute atomic E-state index is 13.6. The molecule has 424 valence electrons. The number of benzene rings is 2. The summed E-state index contributed by atoms with van der Waals surface area (Å²) in [4.78, 5) is 78.4. The van der Waals surface area contributed by atoms with Crippen molar-refractivity contribution in [1.82, 2.24) is 20.4 Å². The molecule has 0 saturated heterocycles. The largest absolute Gasteiger partial charge is 0.507 e. The monoisotopic (exact) mass is 1070 g/mol. The first-order chi connectivity index (χ1) is 36.4. The molecule has 0 unspecified atom stereocenters. The zero-order valence-electron chi connectivity index (χ0n) is 46.8. The van der Waals surface area contributed by atoms with Gasteiger partial charge < -0.3 is 51.6 Å². The van der Waals surface area contributed by atoms with Gasteiger partial charge in [0.1, 0.15) is 29.7 Å². The van der Waals surface area contributed by atoms with Gasteiger partial charge in [-0.05, 0) is 81.7 Å². The number of hydrogen-bond donors (Lipinski definition) is 6. The van der Waals surface area contributed by atoms with Crippen molar-refractivity contribution in [2.75, 3.05) is 13.4 Å². The summed E-state index contributed by atoms with van der Waals surface area (Å²) in [6, 6.07) is 13.3. The number of primary amides is 2. The van der Waals surface area contributed by atoms with E-state index in [0.717, 1.165) is 115 Å². The van der Waals surface area contributed by atoms with E-state index in [9.17, 15) is 39.0 Å².